The number of benzene rings is 2. The second-order valence-electron chi connectivity index (χ2n) is 5.42. The molecule has 0 unspecified atom stereocenters. The van der Waals surface area contributed by atoms with Gasteiger partial charge in [0.05, 0.1) is 6.54 Å². The molecule has 1 heterocycles. The average molecular weight is 303 g/mol. The van der Waals surface area contributed by atoms with Crippen molar-refractivity contribution in [3.8, 4) is 11.1 Å². The largest absolute Gasteiger partial charge is 0.330 e. The molecule has 114 valence electrons. The number of azide groups is 1. The summed E-state index contributed by atoms with van der Waals surface area (Å²) in [6, 6.07) is 17.0. The average Bonchev–Trinajstić information content (AvgIpc) is 3.01. The van der Waals surface area contributed by atoms with E-state index in [1.54, 1.807) is 6.20 Å². The molecule has 0 saturated carbocycles. The first-order valence-electron chi connectivity index (χ1n) is 7.43. The van der Waals surface area contributed by atoms with E-state index in [0.717, 1.165) is 5.82 Å². The molecule has 0 amide bonds. The molecule has 0 aliphatic heterocycles. The fraction of sp³-hybridized carbons (Fsp3) is 0.167. The van der Waals surface area contributed by atoms with Crippen LogP contribution in [0.25, 0.3) is 21.6 Å². The van der Waals surface area contributed by atoms with Gasteiger partial charge in [0, 0.05) is 23.9 Å². The van der Waals surface area contributed by atoms with Gasteiger partial charge in [-0.25, -0.2) is 4.98 Å². The Bertz CT molecular complexity index is 825. The van der Waals surface area contributed by atoms with Crippen molar-refractivity contribution < 1.29 is 0 Å². The van der Waals surface area contributed by atoms with Gasteiger partial charge >= 0.3 is 0 Å². The van der Waals surface area contributed by atoms with Crippen LogP contribution < -0.4 is 0 Å². The minimum atomic E-state index is 0.269. The standard InChI is InChI=1S/C18H17N5/c1-14-2-6-16(7-3-14)17-8-4-15(5-9-17)13-23-11-10-20-18(23)12-21-22-19/h2-11H,12-13H2,1H3. The second-order valence-corrected chi connectivity index (χ2v) is 5.42. The normalized spacial score (nSPS) is 10.3. The van der Waals surface area contributed by atoms with E-state index in [0.29, 0.717) is 6.54 Å². The predicted molar refractivity (Wildman–Crippen MR) is 90.8 cm³/mol. The zero-order chi connectivity index (χ0) is 16.1. The maximum Gasteiger partial charge on any atom is 0.114 e. The van der Waals surface area contributed by atoms with Gasteiger partial charge in [-0.2, -0.15) is 0 Å². The lowest BCUT2D eigenvalue weighted by Gasteiger charge is -2.08. The van der Waals surface area contributed by atoms with Gasteiger partial charge in [0.2, 0.25) is 0 Å². The Balaban J connectivity index is 1.76. The van der Waals surface area contributed by atoms with Crippen molar-refractivity contribution in [2.45, 2.75) is 20.0 Å². The van der Waals surface area contributed by atoms with Crippen LogP contribution in [0.2, 0.25) is 0 Å². The van der Waals surface area contributed by atoms with Gasteiger partial charge in [0.1, 0.15) is 5.82 Å². The van der Waals surface area contributed by atoms with Crippen LogP contribution in [0.1, 0.15) is 17.0 Å². The third-order valence-electron chi connectivity index (χ3n) is 3.77. The van der Waals surface area contributed by atoms with Gasteiger partial charge in [0.25, 0.3) is 0 Å². The molecule has 0 N–H and O–H groups in total. The predicted octanol–water partition coefficient (Wildman–Crippen LogP) is 4.72. The summed E-state index contributed by atoms with van der Waals surface area (Å²) in [5, 5.41) is 3.57. The topological polar surface area (TPSA) is 66.6 Å². The second kappa shape index (κ2) is 6.81. The number of imidazole rings is 1. The smallest absolute Gasteiger partial charge is 0.114 e. The van der Waals surface area contributed by atoms with Crippen molar-refractivity contribution in [3.05, 3.63) is 88.3 Å². The van der Waals surface area contributed by atoms with E-state index in [1.807, 2.05) is 10.8 Å². The Hall–Kier alpha value is -3.04. The third kappa shape index (κ3) is 3.59. The van der Waals surface area contributed by atoms with E-state index in [2.05, 4.69) is 70.5 Å². The molecule has 5 nitrogen and oxygen atoms in total. The maximum absolute atomic E-state index is 8.42. The van der Waals surface area contributed by atoms with Gasteiger partial charge in [-0.15, -0.1) is 0 Å². The fourth-order valence-electron chi connectivity index (χ4n) is 2.48. The highest BCUT2D eigenvalue weighted by Crippen LogP contribution is 2.20. The first kappa shape index (κ1) is 14.9. The van der Waals surface area contributed by atoms with Crippen molar-refractivity contribution in [2.24, 2.45) is 5.11 Å². The summed E-state index contributed by atoms with van der Waals surface area (Å²) in [7, 11) is 0. The van der Waals surface area contributed by atoms with Crippen LogP contribution in [0.4, 0.5) is 0 Å². The molecule has 23 heavy (non-hydrogen) atoms. The number of aryl methyl sites for hydroxylation is 1. The third-order valence-corrected chi connectivity index (χ3v) is 3.77. The number of nitrogens with zero attached hydrogens (tertiary/aromatic N) is 5. The van der Waals surface area contributed by atoms with Gasteiger partial charge in [-0.05, 0) is 29.1 Å². The zero-order valence-corrected chi connectivity index (χ0v) is 12.9. The molecule has 0 radical (unpaired) electrons. The minimum absolute atomic E-state index is 0.269. The highest BCUT2D eigenvalue weighted by Gasteiger charge is 2.03. The Morgan fingerprint density at radius 2 is 1.70 bits per heavy atom. The van der Waals surface area contributed by atoms with E-state index >= 15 is 0 Å². The van der Waals surface area contributed by atoms with E-state index in [-0.39, 0.29) is 6.54 Å². The molecule has 0 aliphatic carbocycles. The maximum atomic E-state index is 8.42. The first-order valence-corrected chi connectivity index (χ1v) is 7.43. The molecule has 0 spiro atoms. The number of hydrogen-bond acceptors (Lipinski definition) is 2. The molecule has 3 rings (SSSR count). The Morgan fingerprint density at radius 1 is 1.04 bits per heavy atom. The quantitative estimate of drug-likeness (QED) is 0.382. The first-order chi connectivity index (χ1) is 11.3. The van der Waals surface area contributed by atoms with Crippen molar-refractivity contribution in [1.82, 2.24) is 9.55 Å². The summed E-state index contributed by atoms with van der Waals surface area (Å²) in [5.74, 6) is 0.769. The summed E-state index contributed by atoms with van der Waals surface area (Å²) in [5.41, 5.74) is 13.3. The molecule has 0 aliphatic rings. The summed E-state index contributed by atoms with van der Waals surface area (Å²) >= 11 is 0. The van der Waals surface area contributed by atoms with E-state index in [1.165, 1.54) is 22.3 Å². The van der Waals surface area contributed by atoms with Crippen LogP contribution >= 0.6 is 0 Å². The molecule has 0 bridgehead atoms. The highest BCUT2D eigenvalue weighted by molar-refractivity contribution is 5.63. The molecule has 5 heteroatoms. The van der Waals surface area contributed by atoms with Crippen molar-refractivity contribution in [1.29, 1.82) is 0 Å². The van der Waals surface area contributed by atoms with Crippen LogP contribution in [0.3, 0.4) is 0 Å². The van der Waals surface area contributed by atoms with Crippen LogP contribution in [0, 0.1) is 6.92 Å². The van der Waals surface area contributed by atoms with Crippen LogP contribution in [-0.2, 0) is 13.1 Å². The molecule has 1 aromatic heterocycles. The molecular weight excluding hydrogens is 286 g/mol. The SMILES string of the molecule is Cc1ccc(-c2ccc(Cn3ccnc3CN=[N+]=[N-])cc2)cc1. The molecular formula is C18H17N5. The van der Waals surface area contributed by atoms with E-state index in [9.17, 15) is 0 Å². The van der Waals surface area contributed by atoms with Crippen molar-refractivity contribution in [3.63, 3.8) is 0 Å². The van der Waals surface area contributed by atoms with Crippen LogP contribution in [0.5, 0.6) is 0 Å². The number of rotatable bonds is 5. The Kier molecular flexibility index (Phi) is 4.41. The lowest BCUT2D eigenvalue weighted by atomic mass is 10.0. The van der Waals surface area contributed by atoms with Gasteiger partial charge in [0.15, 0.2) is 0 Å². The molecule has 0 atom stereocenters. The summed E-state index contributed by atoms with van der Waals surface area (Å²) in [6.45, 7) is 3.07. The Labute approximate surface area is 134 Å². The van der Waals surface area contributed by atoms with Crippen LogP contribution in [-0.4, -0.2) is 9.55 Å². The number of aromatic nitrogens is 2. The fourth-order valence-corrected chi connectivity index (χ4v) is 2.48. The number of hydrogen-bond donors (Lipinski definition) is 0. The summed E-state index contributed by atoms with van der Waals surface area (Å²) < 4.78 is 2.00. The van der Waals surface area contributed by atoms with E-state index < -0.39 is 0 Å². The summed E-state index contributed by atoms with van der Waals surface area (Å²) in [6.07, 6.45) is 3.62. The lowest BCUT2D eigenvalue weighted by molar-refractivity contribution is 0.722. The zero-order valence-electron chi connectivity index (χ0n) is 12.9. The van der Waals surface area contributed by atoms with Gasteiger partial charge < -0.3 is 4.57 Å². The monoisotopic (exact) mass is 303 g/mol. The van der Waals surface area contributed by atoms with E-state index in [4.69, 9.17) is 5.53 Å². The Morgan fingerprint density at radius 3 is 2.35 bits per heavy atom. The van der Waals surface area contributed by atoms with Crippen LogP contribution in [0.15, 0.2) is 66.0 Å². The van der Waals surface area contributed by atoms with Gasteiger partial charge in [-0.3, -0.25) is 0 Å². The molecule has 0 saturated heterocycles. The molecule has 0 fully saturated rings. The molecule has 3 aromatic rings. The van der Waals surface area contributed by atoms with Crippen molar-refractivity contribution >= 4 is 0 Å². The van der Waals surface area contributed by atoms with Gasteiger partial charge in [-0.1, -0.05) is 59.2 Å². The van der Waals surface area contributed by atoms with Crippen molar-refractivity contribution in [2.75, 3.05) is 0 Å². The molecule has 2 aromatic carbocycles. The summed E-state index contributed by atoms with van der Waals surface area (Å²) in [4.78, 5) is 7.00. The minimum Gasteiger partial charge on any atom is -0.330 e. The lowest BCUT2D eigenvalue weighted by Crippen LogP contribution is -2.03. The highest BCUT2D eigenvalue weighted by atomic mass is 15.2.